The molecule has 1 unspecified atom stereocenters. The number of hydrogen-bond donors (Lipinski definition) is 1. The molecule has 1 aliphatic rings. The Bertz CT molecular complexity index is 1040. The number of nitrogens with one attached hydrogen (secondary N) is 1. The van der Waals surface area contributed by atoms with Gasteiger partial charge >= 0.3 is 6.09 Å². The second-order valence-corrected chi connectivity index (χ2v) is 8.76. The van der Waals surface area contributed by atoms with Crippen molar-refractivity contribution in [1.82, 2.24) is 34.4 Å². The van der Waals surface area contributed by atoms with E-state index in [-0.39, 0.29) is 6.09 Å². The van der Waals surface area contributed by atoms with Crippen LogP contribution in [0.2, 0.25) is 0 Å². The fourth-order valence-corrected chi connectivity index (χ4v) is 3.63. The summed E-state index contributed by atoms with van der Waals surface area (Å²) in [5.41, 5.74) is 1.10. The van der Waals surface area contributed by atoms with Crippen LogP contribution in [0.1, 0.15) is 33.6 Å². The second-order valence-electron chi connectivity index (χ2n) is 8.76. The maximum absolute atomic E-state index is 12.4. The van der Waals surface area contributed by atoms with Gasteiger partial charge in [0.2, 0.25) is 5.95 Å². The van der Waals surface area contributed by atoms with Crippen LogP contribution >= 0.6 is 0 Å². The van der Waals surface area contributed by atoms with Crippen molar-refractivity contribution in [2.45, 2.75) is 45.8 Å². The predicted molar refractivity (Wildman–Crippen MR) is 112 cm³/mol. The topological polar surface area (TPSA) is 103 Å². The van der Waals surface area contributed by atoms with Gasteiger partial charge in [0.25, 0.3) is 0 Å². The fourth-order valence-electron chi connectivity index (χ4n) is 3.63. The average Bonchev–Trinajstić information content (AvgIpc) is 3.27. The molecule has 1 fully saturated rings. The van der Waals surface area contributed by atoms with Gasteiger partial charge in [-0.1, -0.05) is 0 Å². The van der Waals surface area contributed by atoms with Crippen LogP contribution in [0.15, 0.2) is 24.8 Å². The highest BCUT2D eigenvalue weighted by molar-refractivity contribution is 5.75. The number of rotatable bonds is 4. The highest BCUT2D eigenvalue weighted by Gasteiger charge is 2.28. The summed E-state index contributed by atoms with van der Waals surface area (Å²) in [6, 6.07) is 0. The van der Waals surface area contributed by atoms with Gasteiger partial charge in [-0.25, -0.2) is 14.5 Å². The Morgan fingerprint density at radius 2 is 2.10 bits per heavy atom. The first-order chi connectivity index (χ1) is 14.3. The highest BCUT2D eigenvalue weighted by Crippen LogP contribution is 2.23. The lowest BCUT2D eigenvalue weighted by atomic mass is 9.98. The Morgan fingerprint density at radius 3 is 2.83 bits per heavy atom. The van der Waals surface area contributed by atoms with Gasteiger partial charge in [-0.2, -0.15) is 15.2 Å². The van der Waals surface area contributed by atoms with Gasteiger partial charge in [-0.05, 0) is 39.5 Å². The molecule has 1 atom stereocenters. The van der Waals surface area contributed by atoms with Crippen LogP contribution in [0.5, 0.6) is 0 Å². The minimum Gasteiger partial charge on any atom is -0.444 e. The van der Waals surface area contributed by atoms with Gasteiger partial charge in [0.15, 0.2) is 5.65 Å². The van der Waals surface area contributed by atoms with Gasteiger partial charge in [0.1, 0.15) is 5.60 Å². The lowest BCUT2D eigenvalue weighted by Crippen LogP contribution is -2.43. The van der Waals surface area contributed by atoms with E-state index in [1.807, 2.05) is 38.7 Å². The van der Waals surface area contributed by atoms with Crippen molar-refractivity contribution in [3.8, 4) is 0 Å². The number of aryl methyl sites for hydroxylation is 1. The summed E-state index contributed by atoms with van der Waals surface area (Å²) in [6.45, 7) is 7.73. The predicted octanol–water partition coefficient (Wildman–Crippen LogP) is 2.95. The Kier molecular flexibility index (Phi) is 5.31. The van der Waals surface area contributed by atoms with E-state index in [2.05, 4.69) is 25.5 Å². The number of amides is 1. The smallest absolute Gasteiger partial charge is 0.410 e. The van der Waals surface area contributed by atoms with Crippen molar-refractivity contribution in [3.05, 3.63) is 24.8 Å². The molecule has 4 rings (SSSR count). The van der Waals surface area contributed by atoms with E-state index < -0.39 is 5.60 Å². The van der Waals surface area contributed by atoms with Gasteiger partial charge in [0.05, 0.1) is 23.5 Å². The number of carbonyl (C=O) groups is 1. The Labute approximate surface area is 175 Å². The quantitative estimate of drug-likeness (QED) is 0.703. The molecule has 0 aromatic carbocycles. The van der Waals surface area contributed by atoms with Crippen molar-refractivity contribution in [2.24, 2.45) is 13.0 Å². The summed E-state index contributed by atoms with van der Waals surface area (Å²) < 4.78 is 9.14. The number of nitrogens with zero attached hydrogens (tertiary/aromatic N) is 7. The molecule has 160 valence electrons. The van der Waals surface area contributed by atoms with E-state index in [1.165, 1.54) is 0 Å². The maximum Gasteiger partial charge on any atom is 0.410 e. The van der Waals surface area contributed by atoms with Gasteiger partial charge in [0, 0.05) is 39.1 Å². The van der Waals surface area contributed by atoms with Gasteiger partial charge in [-0.3, -0.25) is 4.68 Å². The van der Waals surface area contributed by atoms with Crippen LogP contribution in [0.25, 0.3) is 11.0 Å². The van der Waals surface area contributed by atoms with Crippen LogP contribution in [0.4, 0.5) is 16.4 Å². The number of aromatic nitrogens is 6. The maximum atomic E-state index is 12.4. The summed E-state index contributed by atoms with van der Waals surface area (Å²) in [7, 11) is 1.86. The molecule has 1 amide bonds. The highest BCUT2D eigenvalue weighted by atomic mass is 16.6. The van der Waals surface area contributed by atoms with Gasteiger partial charge in [-0.15, -0.1) is 0 Å². The summed E-state index contributed by atoms with van der Waals surface area (Å²) >= 11 is 0. The molecule has 0 aliphatic carbocycles. The fraction of sp³-hybridized carbons (Fsp3) is 0.550. The molecule has 0 saturated carbocycles. The molecule has 10 nitrogen and oxygen atoms in total. The Hall–Kier alpha value is -3.17. The Balaban J connectivity index is 1.46. The summed E-state index contributed by atoms with van der Waals surface area (Å²) in [4.78, 5) is 23.2. The molecule has 1 saturated heterocycles. The summed E-state index contributed by atoms with van der Waals surface area (Å²) in [5.74, 6) is 0.787. The number of anilines is 2. The summed E-state index contributed by atoms with van der Waals surface area (Å²) in [5, 5.41) is 12.7. The monoisotopic (exact) mass is 412 g/mol. The van der Waals surface area contributed by atoms with Crippen molar-refractivity contribution in [2.75, 3.05) is 18.4 Å². The van der Waals surface area contributed by atoms with Crippen molar-refractivity contribution in [3.63, 3.8) is 0 Å². The molecular formula is C20H28N8O2. The third-order valence-electron chi connectivity index (χ3n) is 4.94. The van der Waals surface area contributed by atoms with E-state index in [0.717, 1.165) is 36.1 Å². The van der Waals surface area contributed by atoms with Crippen LogP contribution in [-0.2, 0) is 18.3 Å². The third kappa shape index (κ3) is 4.69. The van der Waals surface area contributed by atoms with Crippen LogP contribution in [0, 0.1) is 5.92 Å². The number of piperidine rings is 1. The number of fused-ring (bicyclic) bond motifs is 1. The largest absolute Gasteiger partial charge is 0.444 e. The van der Waals surface area contributed by atoms with Gasteiger partial charge < -0.3 is 15.0 Å². The minimum atomic E-state index is -0.489. The van der Waals surface area contributed by atoms with E-state index in [1.54, 1.807) is 28.2 Å². The molecule has 0 spiro atoms. The minimum absolute atomic E-state index is 0.247. The average molecular weight is 412 g/mol. The SMILES string of the molecule is Cn1cc(Nc2ncc3cnn(CC4CCCN(C(=O)OC(C)(C)C)C4)c3n2)cn1. The van der Waals surface area contributed by atoms with E-state index in [4.69, 9.17) is 4.74 Å². The lowest BCUT2D eigenvalue weighted by Gasteiger charge is -2.34. The van der Waals surface area contributed by atoms with Crippen molar-refractivity contribution < 1.29 is 9.53 Å². The zero-order chi connectivity index (χ0) is 21.3. The van der Waals surface area contributed by atoms with E-state index >= 15 is 0 Å². The number of hydrogen-bond acceptors (Lipinski definition) is 7. The zero-order valence-corrected chi connectivity index (χ0v) is 17.9. The number of likely N-dealkylation sites (tertiary alicyclic amines) is 1. The molecule has 0 bridgehead atoms. The number of ether oxygens (including phenoxy) is 1. The molecule has 3 aromatic rings. The molecular weight excluding hydrogens is 384 g/mol. The van der Waals surface area contributed by atoms with Crippen LogP contribution in [-0.4, -0.2) is 59.2 Å². The standard InChI is InChI=1S/C20H28N8O2/c1-20(2,3)30-19(29)27-7-5-6-14(11-27)12-28-17-15(9-23-28)8-21-18(25-17)24-16-10-22-26(4)13-16/h8-10,13-14H,5-7,11-12H2,1-4H3,(H,21,24,25). The third-order valence-corrected chi connectivity index (χ3v) is 4.94. The number of carbonyl (C=O) groups excluding carboxylic acids is 1. The molecule has 3 aromatic heterocycles. The van der Waals surface area contributed by atoms with Crippen LogP contribution < -0.4 is 5.32 Å². The van der Waals surface area contributed by atoms with Crippen molar-refractivity contribution >= 4 is 28.8 Å². The first-order valence-electron chi connectivity index (χ1n) is 10.2. The summed E-state index contributed by atoms with van der Waals surface area (Å²) in [6.07, 6.45) is 8.85. The normalized spacial score (nSPS) is 17.3. The molecule has 1 aliphatic heterocycles. The van der Waals surface area contributed by atoms with Crippen LogP contribution in [0.3, 0.4) is 0 Å². The lowest BCUT2D eigenvalue weighted by molar-refractivity contribution is 0.0156. The zero-order valence-electron chi connectivity index (χ0n) is 17.9. The molecule has 0 radical (unpaired) electrons. The molecule has 4 heterocycles. The first-order valence-corrected chi connectivity index (χ1v) is 10.2. The molecule has 10 heteroatoms. The van der Waals surface area contributed by atoms with Crippen molar-refractivity contribution in [1.29, 1.82) is 0 Å². The molecule has 30 heavy (non-hydrogen) atoms. The molecule has 1 N–H and O–H groups in total. The van der Waals surface area contributed by atoms with E-state index in [9.17, 15) is 4.79 Å². The second kappa shape index (κ2) is 7.92. The van der Waals surface area contributed by atoms with E-state index in [0.29, 0.717) is 25.0 Å². The Morgan fingerprint density at radius 1 is 1.27 bits per heavy atom. The first kappa shape index (κ1) is 20.1.